The van der Waals surface area contributed by atoms with E-state index >= 15 is 0 Å². The third-order valence-electron chi connectivity index (χ3n) is 3.99. The van der Waals surface area contributed by atoms with Gasteiger partial charge in [0.2, 0.25) is 0 Å². The van der Waals surface area contributed by atoms with E-state index in [-0.39, 0.29) is 0 Å². The number of aromatic nitrogens is 2. The summed E-state index contributed by atoms with van der Waals surface area (Å²) in [5, 5.41) is 2.45. The van der Waals surface area contributed by atoms with E-state index in [2.05, 4.69) is 39.6 Å². The lowest BCUT2D eigenvalue weighted by molar-refractivity contribution is -0.724. The molecule has 2 aromatic carbocycles. The number of nitrogens with zero attached hydrogens (tertiary/aromatic N) is 2. The molecule has 5 heteroatoms. The van der Waals surface area contributed by atoms with Crippen molar-refractivity contribution in [3.8, 4) is 16.9 Å². The van der Waals surface area contributed by atoms with Crippen molar-refractivity contribution in [1.29, 1.82) is 0 Å². The highest BCUT2D eigenvalue weighted by Crippen LogP contribution is 2.31. The van der Waals surface area contributed by atoms with Crippen LogP contribution in [0.1, 0.15) is 6.42 Å². The second kappa shape index (κ2) is 6.23. The van der Waals surface area contributed by atoms with Gasteiger partial charge in [-0.05, 0) is 48.5 Å². The first-order chi connectivity index (χ1) is 11.2. The molecule has 0 atom stereocenters. The van der Waals surface area contributed by atoms with E-state index in [0.717, 1.165) is 17.9 Å². The van der Waals surface area contributed by atoms with E-state index in [1.54, 1.807) is 0 Å². The van der Waals surface area contributed by atoms with Crippen LogP contribution in [0, 0.1) is 0 Å². The number of hydrogen-bond donors (Lipinski definition) is 0. The third kappa shape index (κ3) is 2.78. The Morgan fingerprint density at radius 1 is 1.00 bits per heavy atom. The van der Waals surface area contributed by atoms with Gasteiger partial charge in [-0.15, -0.1) is 0 Å². The van der Waals surface area contributed by atoms with Gasteiger partial charge in [0.15, 0.2) is 5.69 Å². The molecule has 0 aliphatic carbocycles. The van der Waals surface area contributed by atoms with Crippen molar-refractivity contribution in [2.75, 3.05) is 5.75 Å². The van der Waals surface area contributed by atoms with Crippen LogP contribution in [0.2, 0.25) is 10.0 Å². The molecular formula is C18H15Cl2N2S+. The molecule has 0 saturated heterocycles. The highest BCUT2D eigenvalue weighted by atomic mass is 35.5. The zero-order chi connectivity index (χ0) is 15.8. The highest BCUT2D eigenvalue weighted by Gasteiger charge is 2.28. The Hall–Kier alpha value is -1.42. The molecule has 3 aromatic rings. The Morgan fingerprint density at radius 2 is 1.83 bits per heavy atom. The molecule has 23 heavy (non-hydrogen) atoms. The summed E-state index contributed by atoms with van der Waals surface area (Å²) in [7, 11) is 0. The maximum Gasteiger partial charge on any atom is 0.323 e. The SMILES string of the molecule is Clc1ccc(-c2cn(-c3ccccc3)c3[n+]2CCCS3)cc1Cl. The van der Waals surface area contributed by atoms with Crippen LogP contribution in [-0.2, 0) is 6.54 Å². The molecule has 0 N–H and O–H groups in total. The van der Waals surface area contributed by atoms with Gasteiger partial charge in [0, 0.05) is 11.3 Å². The standard InChI is InChI=1S/C18H15Cl2N2S/c19-15-8-7-13(11-16(15)20)17-12-22(14-5-2-1-3-6-14)18-21(17)9-4-10-23-18/h1-3,5-8,11-12H,4,9-10H2/q+1. The van der Waals surface area contributed by atoms with E-state index in [0.29, 0.717) is 10.0 Å². The first kappa shape index (κ1) is 15.1. The Bertz CT molecular complexity index is 859. The minimum absolute atomic E-state index is 0.589. The van der Waals surface area contributed by atoms with Gasteiger partial charge >= 0.3 is 5.16 Å². The Morgan fingerprint density at radius 3 is 2.61 bits per heavy atom. The zero-order valence-electron chi connectivity index (χ0n) is 12.4. The summed E-state index contributed by atoms with van der Waals surface area (Å²) in [5.74, 6) is 1.15. The van der Waals surface area contributed by atoms with Crippen molar-refractivity contribution < 1.29 is 4.57 Å². The van der Waals surface area contributed by atoms with Crippen molar-refractivity contribution in [2.24, 2.45) is 0 Å². The molecule has 0 amide bonds. The van der Waals surface area contributed by atoms with Gasteiger partial charge in [0.1, 0.15) is 11.9 Å². The summed E-state index contributed by atoms with van der Waals surface area (Å²) in [5.41, 5.74) is 3.45. The molecular weight excluding hydrogens is 347 g/mol. The van der Waals surface area contributed by atoms with Gasteiger partial charge in [-0.3, -0.25) is 0 Å². The predicted molar refractivity (Wildman–Crippen MR) is 96.8 cm³/mol. The van der Waals surface area contributed by atoms with Crippen molar-refractivity contribution in [1.82, 2.24) is 4.57 Å². The van der Waals surface area contributed by atoms with Gasteiger partial charge in [0.25, 0.3) is 0 Å². The summed E-state index contributed by atoms with van der Waals surface area (Å²) < 4.78 is 4.64. The number of imidazole rings is 1. The van der Waals surface area contributed by atoms with Gasteiger partial charge in [0.05, 0.1) is 16.6 Å². The normalized spacial score (nSPS) is 13.8. The average molecular weight is 362 g/mol. The molecule has 0 radical (unpaired) electrons. The zero-order valence-corrected chi connectivity index (χ0v) is 14.7. The molecule has 0 saturated carbocycles. The second-order valence-corrected chi connectivity index (χ2v) is 7.36. The lowest BCUT2D eigenvalue weighted by Crippen LogP contribution is -2.40. The largest absolute Gasteiger partial charge is 0.323 e. The fourth-order valence-electron chi connectivity index (χ4n) is 2.89. The number of rotatable bonds is 2. The molecule has 0 unspecified atom stereocenters. The van der Waals surface area contributed by atoms with E-state index in [9.17, 15) is 0 Å². The molecule has 1 aliphatic rings. The Labute approximate surface area is 149 Å². The Balaban J connectivity index is 1.90. The predicted octanol–water partition coefficient (Wildman–Crippen LogP) is 5.23. The summed E-state index contributed by atoms with van der Waals surface area (Å²) >= 11 is 14.2. The lowest BCUT2D eigenvalue weighted by atomic mass is 10.1. The van der Waals surface area contributed by atoms with Gasteiger partial charge in [-0.2, -0.15) is 4.57 Å². The van der Waals surface area contributed by atoms with Crippen LogP contribution in [0.5, 0.6) is 0 Å². The number of benzene rings is 2. The fourth-order valence-corrected chi connectivity index (χ4v) is 4.29. The smallest absolute Gasteiger partial charge is 0.217 e. The number of para-hydroxylation sites is 1. The van der Waals surface area contributed by atoms with Crippen LogP contribution in [0.3, 0.4) is 0 Å². The highest BCUT2D eigenvalue weighted by molar-refractivity contribution is 7.99. The molecule has 1 aliphatic heterocycles. The molecule has 1 aromatic heterocycles. The van der Waals surface area contributed by atoms with E-state index < -0.39 is 0 Å². The average Bonchev–Trinajstić information content (AvgIpc) is 2.98. The Kier molecular flexibility index (Phi) is 4.10. The quantitative estimate of drug-likeness (QED) is 0.567. The molecule has 2 heterocycles. The molecule has 0 bridgehead atoms. The third-order valence-corrected chi connectivity index (χ3v) is 5.89. The van der Waals surface area contributed by atoms with Crippen LogP contribution < -0.4 is 4.57 Å². The number of hydrogen-bond acceptors (Lipinski definition) is 1. The minimum Gasteiger partial charge on any atom is -0.217 e. The van der Waals surface area contributed by atoms with Gasteiger partial charge in [-0.25, -0.2) is 4.57 Å². The maximum absolute atomic E-state index is 6.22. The molecule has 4 rings (SSSR count). The number of fused-ring (bicyclic) bond motifs is 1. The fraction of sp³-hybridized carbons (Fsp3) is 0.167. The van der Waals surface area contributed by atoms with Crippen molar-refractivity contribution in [3.63, 3.8) is 0 Å². The topological polar surface area (TPSA) is 8.81 Å². The first-order valence-corrected chi connectivity index (χ1v) is 9.27. The summed E-state index contributed by atoms with van der Waals surface area (Å²) in [6.07, 6.45) is 3.37. The van der Waals surface area contributed by atoms with Crippen molar-refractivity contribution in [2.45, 2.75) is 18.1 Å². The van der Waals surface area contributed by atoms with Gasteiger partial charge in [-0.1, -0.05) is 41.4 Å². The molecule has 116 valence electrons. The number of thioether (sulfide) groups is 1. The lowest BCUT2D eigenvalue weighted by Gasteiger charge is -2.10. The maximum atomic E-state index is 6.22. The van der Waals surface area contributed by atoms with E-state index in [1.165, 1.54) is 23.0 Å². The monoisotopic (exact) mass is 361 g/mol. The summed E-state index contributed by atoms with van der Waals surface area (Å²) in [6, 6.07) is 16.3. The van der Waals surface area contributed by atoms with E-state index in [4.69, 9.17) is 23.2 Å². The van der Waals surface area contributed by atoms with Crippen LogP contribution >= 0.6 is 35.0 Å². The van der Waals surface area contributed by atoms with Crippen molar-refractivity contribution in [3.05, 3.63) is 64.8 Å². The van der Waals surface area contributed by atoms with E-state index in [1.807, 2.05) is 36.0 Å². The van der Waals surface area contributed by atoms with Crippen molar-refractivity contribution >= 4 is 35.0 Å². The second-order valence-electron chi connectivity index (χ2n) is 5.49. The van der Waals surface area contributed by atoms with Crippen LogP contribution in [-0.4, -0.2) is 10.3 Å². The molecule has 2 nitrogen and oxygen atoms in total. The summed E-state index contributed by atoms with van der Waals surface area (Å²) in [6.45, 7) is 1.03. The van der Waals surface area contributed by atoms with Gasteiger partial charge < -0.3 is 0 Å². The minimum atomic E-state index is 0.589. The van der Waals surface area contributed by atoms with Crippen LogP contribution in [0.25, 0.3) is 16.9 Å². The first-order valence-electron chi connectivity index (χ1n) is 7.53. The van der Waals surface area contributed by atoms with Crippen LogP contribution in [0.15, 0.2) is 59.9 Å². The summed E-state index contributed by atoms with van der Waals surface area (Å²) in [4.78, 5) is 0. The number of halogens is 2. The molecule has 0 fully saturated rings. The molecule has 0 spiro atoms. The van der Waals surface area contributed by atoms with Crippen LogP contribution in [0.4, 0.5) is 0 Å².